The lowest BCUT2D eigenvalue weighted by molar-refractivity contribution is -0.123. The number of rotatable bonds is 5. The van der Waals surface area contributed by atoms with Crippen LogP contribution < -0.4 is 0 Å². The highest BCUT2D eigenvalue weighted by molar-refractivity contribution is 5.93. The highest BCUT2D eigenvalue weighted by atomic mass is 16.2. The highest BCUT2D eigenvalue weighted by Crippen LogP contribution is 2.20. The molecule has 0 aromatic heterocycles. The van der Waals surface area contributed by atoms with Crippen molar-refractivity contribution in [3.8, 4) is 0 Å². The first-order chi connectivity index (χ1) is 9.72. The molecule has 0 heterocycles. The van der Waals surface area contributed by atoms with Gasteiger partial charge in [0, 0.05) is 5.70 Å². The van der Waals surface area contributed by atoms with Crippen molar-refractivity contribution in [1.29, 1.82) is 0 Å². The van der Waals surface area contributed by atoms with Gasteiger partial charge >= 0.3 is 0 Å². The molecule has 0 bridgehead atoms. The zero-order valence-electron chi connectivity index (χ0n) is 11.3. The Morgan fingerprint density at radius 3 is 2.10 bits per heavy atom. The summed E-state index contributed by atoms with van der Waals surface area (Å²) >= 11 is 0. The maximum atomic E-state index is 12.1. The Bertz CT molecular complexity index is 602. The van der Waals surface area contributed by atoms with Gasteiger partial charge < -0.3 is 4.90 Å². The van der Waals surface area contributed by atoms with Gasteiger partial charge in [-0.3, -0.25) is 4.79 Å². The van der Waals surface area contributed by atoms with Crippen LogP contribution in [0.15, 0.2) is 79.9 Å². The quantitative estimate of drug-likeness (QED) is 0.750. The van der Waals surface area contributed by atoms with Crippen LogP contribution >= 0.6 is 0 Å². The molecule has 0 fully saturated rings. The second-order valence-electron chi connectivity index (χ2n) is 4.43. The van der Waals surface area contributed by atoms with E-state index >= 15 is 0 Å². The summed E-state index contributed by atoms with van der Waals surface area (Å²) in [6.07, 6.45) is 1.32. The molecule has 0 aliphatic carbocycles. The third-order valence-electron chi connectivity index (χ3n) is 3.06. The monoisotopic (exact) mass is 263 g/mol. The summed E-state index contributed by atoms with van der Waals surface area (Å²) < 4.78 is 0. The summed E-state index contributed by atoms with van der Waals surface area (Å²) in [6, 6.07) is 19.5. The molecule has 100 valence electrons. The SMILES string of the molecule is C=CC(=O)N(Cc1ccccc1)C(=C)c1ccccc1. The van der Waals surface area contributed by atoms with Gasteiger partial charge in [0.15, 0.2) is 0 Å². The standard InChI is InChI=1S/C18H17NO/c1-3-18(20)19(14-16-10-6-4-7-11-16)15(2)17-12-8-5-9-13-17/h3-13H,1-2,14H2. The number of amides is 1. The van der Waals surface area contributed by atoms with Crippen LogP contribution in [0, 0.1) is 0 Å². The van der Waals surface area contributed by atoms with Gasteiger partial charge in [0.2, 0.25) is 0 Å². The number of carbonyl (C=O) groups excluding carboxylic acids is 1. The van der Waals surface area contributed by atoms with Crippen molar-refractivity contribution in [2.45, 2.75) is 6.54 Å². The molecular weight excluding hydrogens is 246 g/mol. The normalized spacial score (nSPS) is 9.80. The largest absolute Gasteiger partial charge is 0.304 e. The van der Waals surface area contributed by atoms with E-state index in [9.17, 15) is 4.79 Å². The van der Waals surface area contributed by atoms with E-state index in [1.165, 1.54) is 6.08 Å². The summed E-state index contributed by atoms with van der Waals surface area (Å²) in [5.74, 6) is -0.150. The minimum atomic E-state index is -0.150. The minimum Gasteiger partial charge on any atom is -0.304 e. The molecule has 2 aromatic rings. The average Bonchev–Trinajstić information content (AvgIpc) is 2.53. The van der Waals surface area contributed by atoms with Gasteiger partial charge in [0.25, 0.3) is 5.91 Å². The predicted molar refractivity (Wildman–Crippen MR) is 82.7 cm³/mol. The van der Waals surface area contributed by atoms with E-state index in [0.717, 1.165) is 11.1 Å². The van der Waals surface area contributed by atoms with Crippen molar-refractivity contribution in [2.24, 2.45) is 0 Å². The van der Waals surface area contributed by atoms with E-state index in [0.29, 0.717) is 12.2 Å². The molecule has 0 spiro atoms. The molecule has 1 amide bonds. The topological polar surface area (TPSA) is 20.3 Å². The van der Waals surface area contributed by atoms with Crippen molar-refractivity contribution in [3.63, 3.8) is 0 Å². The van der Waals surface area contributed by atoms with Gasteiger partial charge in [-0.25, -0.2) is 0 Å². The smallest absolute Gasteiger partial charge is 0.250 e. The zero-order valence-corrected chi connectivity index (χ0v) is 11.3. The fraction of sp³-hybridized carbons (Fsp3) is 0.0556. The highest BCUT2D eigenvalue weighted by Gasteiger charge is 2.15. The lowest BCUT2D eigenvalue weighted by atomic mass is 10.1. The number of hydrogen-bond acceptors (Lipinski definition) is 1. The molecule has 0 N–H and O–H groups in total. The molecule has 2 rings (SSSR count). The van der Waals surface area contributed by atoms with Gasteiger partial charge in [-0.1, -0.05) is 73.8 Å². The van der Waals surface area contributed by atoms with Gasteiger partial charge in [0.05, 0.1) is 6.54 Å². The van der Waals surface area contributed by atoms with E-state index in [1.54, 1.807) is 4.90 Å². The Labute approximate surface area is 119 Å². The molecule has 2 aromatic carbocycles. The Kier molecular flexibility index (Phi) is 4.51. The molecule has 0 radical (unpaired) electrons. The Morgan fingerprint density at radius 1 is 1.00 bits per heavy atom. The van der Waals surface area contributed by atoms with Crippen LogP contribution in [0.4, 0.5) is 0 Å². The molecule has 0 saturated carbocycles. The maximum Gasteiger partial charge on any atom is 0.250 e. The first-order valence-electron chi connectivity index (χ1n) is 6.44. The van der Waals surface area contributed by atoms with E-state index < -0.39 is 0 Å². The third kappa shape index (κ3) is 3.23. The Morgan fingerprint density at radius 2 is 1.55 bits per heavy atom. The fourth-order valence-corrected chi connectivity index (χ4v) is 1.97. The van der Waals surface area contributed by atoms with Crippen molar-refractivity contribution in [1.82, 2.24) is 4.90 Å². The van der Waals surface area contributed by atoms with E-state index in [4.69, 9.17) is 0 Å². The number of benzene rings is 2. The second kappa shape index (κ2) is 6.53. The number of hydrogen-bond donors (Lipinski definition) is 0. The van der Waals surface area contributed by atoms with Crippen LogP contribution in [0.5, 0.6) is 0 Å². The summed E-state index contributed by atoms with van der Waals surface area (Å²) in [5, 5.41) is 0. The van der Waals surface area contributed by atoms with Crippen molar-refractivity contribution in [3.05, 3.63) is 91.0 Å². The first-order valence-corrected chi connectivity index (χ1v) is 6.44. The second-order valence-corrected chi connectivity index (χ2v) is 4.43. The molecule has 0 unspecified atom stereocenters. The van der Waals surface area contributed by atoms with Gasteiger partial charge in [0.1, 0.15) is 0 Å². The number of nitrogens with zero attached hydrogens (tertiary/aromatic N) is 1. The number of carbonyl (C=O) groups is 1. The van der Waals surface area contributed by atoms with Gasteiger partial charge in [-0.2, -0.15) is 0 Å². The lowest BCUT2D eigenvalue weighted by Crippen LogP contribution is -2.26. The lowest BCUT2D eigenvalue weighted by Gasteiger charge is -2.24. The molecule has 20 heavy (non-hydrogen) atoms. The zero-order chi connectivity index (χ0) is 14.4. The van der Waals surface area contributed by atoms with E-state index in [2.05, 4.69) is 13.2 Å². The van der Waals surface area contributed by atoms with Crippen molar-refractivity contribution < 1.29 is 4.79 Å². The van der Waals surface area contributed by atoms with Crippen LogP contribution in [-0.4, -0.2) is 10.8 Å². The van der Waals surface area contributed by atoms with Crippen LogP contribution in [0.25, 0.3) is 5.70 Å². The molecular formula is C18H17NO. The molecule has 2 heteroatoms. The van der Waals surface area contributed by atoms with Crippen molar-refractivity contribution in [2.75, 3.05) is 0 Å². The van der Waals surface area contributed by atoms with Crippen LogP contribution in [0.1, 0.15) is 11.1 Å². The third-order valence-corrected chi connectivity index (χ3v) is 3.06. The summed E-state index contributed by atoms with van der Waals surface area (Å²) in [6.45, 7) is 8.10. The molecule has 2 nitrogen and oxygen atoms in total. The van der Waals surface area contributed by atoms with E-state index in [-0.39, 0.29) is 5.91 Å². The van der Waals surface area contributed by atoms with Crippen molar-refractivity contribution >= 4 is 11.6 Å². The molecule has 0 saturated heterocycles. The molecule has 0 aliphatic heterocycles. The molecule has 0 atom stereocenters. The molecule has 0 aliphatic rings. The Balaban J connectivity index is 2.27. The fourth-order valence-electron chi connectivity index (χ4n) is 1.97. The minimum absolute atomic E-state index is 0.150. The van der Waals surface area contributed by atoms with Crippen LogP contribution in [-0.2, 0) is 11.3 Å². The maximum absolute atomic E-state index is 12.1. The van der Waals surface area contributed by atoms with Gasteiger partial charge in [-0.05, 0) is 17.2 Å². The average molecular weight is 263 g/mol. The van der Waals surface area contributed by atoms with E-state index in [1.807, 2.05) is 60.7 Å². The summed E-state index contributed by atoms with van der Waals surface area (Å²) in [5.41, 5.74) is 2.66. The van der Waals surface area contributed by atoms with Crippen LogP contribution in [0.2, 0.25) is 0 Å². The van der Waals surface area contributed by atoms with Crippen LogP contribution in [0.3, 0.4) is 0 Å². The Hall–Kier alpha value is -2.61. The predicted octanol–water partition coefficient (Wildman–Crippen LogP) is 3.87. The van der Waals surface area contributed by atoms with Gasteiger partial charge in [-0.15, -0.1) is 0 Å². The summed E-state index contributed by atoms with van der Waals surface area (Å²) in [7, 11) is 0. The first kappa shape index (κ1) is 13.8. The summed E-state index contributed by atoms with van der Waals surface area (Å²) in [4.78, 5) is 13.7.